The monoisotopic (exact) mass is 224 g/mol. The number of ether oxygens (including phenoxy) is 1. The van der Waals surface area contributed by atoms with Crippen LogP contribution in [0.3, 0.4) is 0 Å². The van der Waals surface area contributed by atoms with Gasteiger partial charge in [0.1, 0.15) is 5.82 Å². The van der Waals surface area contributed by atoms with Gasteiger partial charge >= 0.3 is 0 Å². The molecule has 16 heavy (non-hydrogen) atoms. The van der Waals surface area contributed by atoms with E-state index >= 15 is 0 Å². The van der Waals surface area contributed by atoms with E-state index in [0.717, 1.165) is 26.1 Å². The van der Waals surface area contributed by atoms with Crippen molar-refractivity contribution in [2.45, 2.75) is 19.4 Å². The summed E-state index contributed by atoms with van der Waals surface area (Å²) in [6.45, 7) is 4.30. The number of nitrogens with two attached hydrogens (primary N) is 1. The minimum atomic E-state index is -0.255. The van der Waals surface area contributed by atoms with Gasteiger partial charge in [-0.25, -0.2) is 4.39 Å². The maximum absolute atomic E-state index is 13.7. The highest BCUT2D eigenvalue weighted by Gasteiger charge is 2.17. The molecule has 1 aliphatic heterocycles. The second-order valence-electron chi connectivity index (χ2n) is 4.19. The molecule has 3 nitrogen and oxygen atoms in total. The molecule has 4 heteroatoms. The Balaban J connectivity index is 2.21. The summed E-state index contributed by atoms with van der Waals surface area (Å²) in [6.07, 6.45) is 1.06. The van der Waals surface area contributed by atoms with Crippen LogP contribution in [-0.2, 0) is 4.74 Å². The molecule has 0 bridgehead atoms. The van der Waals surface area contributed by atoms with E-state index in [1.165, 1.54) is 6.07 Å². The van der Waals surface area contributed by atoms with Crippen LogP contribution in [0.2, 0.25) is 0 Å². The second-order valence-corrected chi connectivity index (χ2v) is 4.19. The van der Waals surface area contributed by atoms with Crippen molar-refractivity contribution in [3.05, 3.63) is 24.0 Å². The lowest BCUT2D eigenvalue weighted by Gasteiger charge is -2.24. The molecule has 0 aromatic heterocycles. The topological polar surface area (TPSA) is 38.5 Å². The van der Waals surface area contributed by atoms with E-state index < -0.39 is 0 Å². The van der Waals surface area contributed by atoms with Crippen LogP contribution >= 0.6 is 0 Å². The van der Waals surface area contributed by atoms with E-state index in [1.54, 1.807) is 12.1 Å². The van der Waals surface area contributed by atoms with Crippen LogP contribution in [0.4, 0.5) is 15.8 Å². The lowest BCUT2D eigenvalue weighted by Crippen LogP contribution is -2.30. The van der Waals surface area contributed by atoms with Gasteiger partial charge in [-0.05, 0) is 31.5 Å². The number of hydrogen-bond acceptors (Lipinski definition) is 3. The van der Waals surface area contributed by atoms with Gasteiger partial charge in [0.25, 0.3) is 0 Å². The zero-order valence-electron chi connectivity index (χ0n) is 9.45. The van der Waals surface area contributed by atoms with Crippen LogP contribution in [0, 0.1) is 5.82 Å². The Morgan fingerprint density at radius 3 is 3.06 bits per heavy atom. The average molecular weight is 224 g/mol. The van der Waals surface area contributed by atoms with Gasteiger partial charge in [-0.1, -0.05) is 0 Å². The van der Waals surface area contributed by atoms with Gasteiger partial charge in [-0.2, -0.15) is 0 Å². The molecule has 1 aromatic carbocycles. The standard InChI is InChI=1S/C12H17FN2O/c1-9-8-15(5-2-6-16-9)12-4-3-10(14)7-11(12)13/h3-4,7,9H,2,5-6,8,14H2,1H3. The third-order valence-corrected chi connectivity index (χ3v) is 2.76. The third-order valence-electron chi connectivity index (χ3n) is 2.76. The Kier molecular flexibility index (Phi) is 3.29. The third kappa shape index (κ3) is 2.44. The molecule has 2 N–H and O–H groups in total. The molecule has 88 valence electrons. The minimum Gasteiger partial charge on any atom is -0.399 e. The molecule has 1 atom stereocenters. The van der Waals surface area contributed by atoms with Gasteiger partial charge < -0.3 is 15.4 Å². The van der Waals surface area contributed by atoms with Gasteiger partial charge in [0.2, 0.25) is 0 Å². The zero-order valence-corrected chi connectivity index (χ0v) is 9.45. The van der Waals surface area contributed by atoms with E-state index in [0.29, 0.717) is 11.4 Å². The largest absolute Gasteiger partial charge is 0.399 e. The quantitative estimate of drug-likeness (QED) is 0.742. The van der Waals surface area contributed by atoms with Crippen molar-refractivity contribution < 1.29 is 9.13 Å². The molecule has 1 unspecified atom stereocenters. The maximum Gasteiger partial charge on any atom is 0.148 e. The fourth-order valence-electron chi connectivity index (χ4n) is 1.99. The van der Waals surface area contributed by atoms with Gasteiger partial charge in [0, 0.05) is 25.4 Å². The van der Waals surface area contributed by atoms with Gasteiger partial charge in [0.15, 0.2) is 0 Å². The molecule has 1 heterocycles. The number of anilines is 2. The highest BCUT2D eigenvalue weighted by molar-refractivity contribution is 5.54. The van der Waals surface area contributed by atoms with E-state index in [9.17, 15) is 4.39 Å². The number of nitrogens with zero attached hydrogens (tertiary/aromatic N) is 1. The minimum absolute atomic E-state index is 0.138. The first-order valence-electron chi connectivity index (χ1n) is 5.58. The van der Waals surface area contributed by atoms with Crippen LogP contribution in [0.1, 0.15) is 13.3 Å². The normalized spacial score (nSPS) is 21.9. The molecule has 2 rings (SSSR count). The summed E-state index contributed by atoms with van der Waals surface area (Å²) in [5.41, 5.74) is 6.61. The number of rotatable bonds is 1. The molecule has 0 aliphatic carbocycles. The van der Waals surface area contributed by atoms with Crippen LogP contribution in [0.5, 0.6) is 0 Å². The lowest BCUT2D eigenvalue weighted by molar-refractivity contribution is 0.0820. The van der Waals surface area contributed by atoms with Crippen molar-refractivity contribution in [3.63, 3.8) is 0 Å². The Hall–Kier alpha value is -1.29. The van der Waals surface area contributed by atoms with Crippen molar-refractivity contribution in [3.8, 4) is 0 Å². The number of benzene rings is 1. The first kappa shape index (κ1) is 11.2. The summed E-state index contributed by atoms with van der Waals surface area (Å²) >= 11 is 0. The molecular formula is C12H17FN2O. The van der Waals surface area contributed by atoms with Crippen LogP contribution in [0.15, 0.2) is 18.2 Å². The average Bonchev–Trinajstić information content (AvgIpc) is 2.43. The van der Waals surface area contributed by atoms with Crippen LogP contribution < -0.4 is 10.6 Å². The van der Waals surface area contributed by atoms with Crippen molar-refractivity contribution in [2.75, 3.05) is 30.3 Å². The summed E-state index contributed by atoms with van der Waals surface area (Å²) < 4.78 is 19.3. The Bertz CT molecular complexity index is 370. The Morgan fingerprint density at radius 1 is 1.50 bits per heavy atom. The lowest BCUT2D eigenvalue weighted by atomic mass is 10.2. The van der Waals surface area contributed by atoms with E-state index in [1.807, 2.05) is 11.8 Å². The highest BCUT2D eigenvalue weighted by Crippen LogP contribution is 2.23. The molecule has 0 saturated carbocycles. The molecule has 1 fully saturated rings. The summed E-state index contributed by atoms with van der Waals surface area (Å²) in [4.78, 5) is 2.02. The molecule has 1 saturated heterocycles. The highest BCUT2D eigenvalue weighted by atomic mass is 19.1. The summed E-state index contributed by atoms with van der Waals surface area (Å²) in [7, 11) is 0. The fourth-order valence-corrected chi connectivity index (χ4v) is 1.99. The zero-order chi connectivity index (χ0) is 11.5. The fraction of sp³-hybridized carbons (Fsp3) is 0.500. The smallest absolute Gasteiger partial charge is 0.148 e. The van der Waals surface area contributed by atoms with E-state index in [4.69, 9.17) is 10.5 Å². The summed E-state index contributed by atoms with van der Waals surface area (Å²) in [5, 5.41) is 0. The molecular weight excluding hydrogens is 207 g/mol. The SMILES string of the molecule is CC1CN(c2ccc(N)cc2F)CCCO1. The van der Waals surface area contributed by atoms with Crippen molar-refractivity contribution in [2.24, 2.45) is 0 Å². The number of hydrogen-bond donors (Lipinski definition) is 1. The summed E-state index contributed by atoms with van der Waals surface area (Å²) in [6, 6.07) is 4.84. The van der Waals surface area contributed by atoms with E-state index in [2.05, 4.69) is 0 Å². The number of nitrogen functional groups attached to an aromatic ring is 1. The molecule has 0 amide bonds. The van der Waals surface area contributed by atoms with Crippen molar-refractivity contribution in [1.29, 1.82) is 0 Å². The molecule has 1 aliphatic rings. The maximum atomic E-state index is 13.7. The predicted octanol–water partition coefficient (Wildman–Crippen LogP) is 2.02. The first-order chi connectivity index (χ1) is 7.66. The Morgan fingerprint density at radius 2 is 2.31 bits per heavy atom. The predicted molar refractivity (Wildman–Crippen MR) is 63.1 cm³/mol. The summed E-state index contributed by atoms with van der Waals surface area (Å²) in [5.74, 6) is -0.255. The molecule has 1 aromatic rings. The molecule has 0 spiro atoms. The van der Waals surface area contributed by atoms with Gasteiger partial charge in [0.05, 0.1) is 11.8 Å². The van der Waals surface area contributed by atoms with E-state index in [-0.39, 0.29) is 11.9 Å². The Labute approximate surface area is 95.0 Å². The van der Waals surface area contributed by atoms with Crippen LogP contribution in [-0.4, -0.2) is 25.8 Å². The van der Waals surface area contributed by atoms with Gasteiger partial charge in [-0.15, -0.1) is 0 Å². The van der Waals surface area contributed by atoms with Crippen molar-refractivity contribution >= 4 is 11.4 Å². The molecule has 0 radical (unpaired) electrons. The van der Waals surface area contributed by atoms with Crippen LogP contribution in [0.25, 0.3) is 0 Å². The van der Waals surface area contributed by atoms with Gasteiger partial charge in [-0.3, -0.25) is 0 Å². The van der Waals surface area contributed by atoms with Crippen molar-refractivity contribution in [1.82, 2.24) is 0 Å². The second kappa shape index (κ2) is 4.70. The first-order valence-corrected chi connectivity index (χ1v) is 5.58. The number of halogens is 1.